The molecular weight excluding hydrogens is 408 g/mol. The van der Waals surface area contributed by atoms with E-state index >= 15 is 0 Å². The van der Waals surface area contributed by atoms with Gasteiger partial charge in [-0.2, -0.15) is 0 Å². The van der Waals surface area contributed by atoms with Crippen LogP contribution in [0.15, 0.2) is 48.5 Å². The first-order valence-corrected chi connectivity index (χ1v) is 12.8. The maximum absolute atomic E-state index is 12.9. The fourth-order valence-corrected chi connectivity index (χ4v) is 5.67. The van der Waals surface area contributed by atoms with Crippen molar-refractivity contribution in [3.63, 3.8) is 0 Å². The zero-order valence-electron chi connectivity index (χ0n) is 18.8. The van der Waals surface area contributed by atoms with Gasteiger partial charge in [-0.15, -0.1) is 0 Å². The molecule has 1 aliphatic heterocycles. The van der Waals surface area contributed by atoms with Gasteiger partial charge >= 0.3 is 0 Å². The maximum Gasteiger partial charge on any atom is 0.224 e. The highest BCUT2D eigenvalue weighted by Crippen LogP contribution is 2.23. The Hall–Kier alpha value is -2.18. The Morgan fingerprint density at radius 2 is 1.87 bits per heavy atom. The highest BCUT2D eigenvalue weighted by molar-refractivity contribution is 7.89. The molecule has 0 unspecified atom stereocenters. The highest BCUT2D eigenvalue weighted by atomic mass is 32.2. The SMILES string of the molecule is Cc1ccc([C@@H](C)NC(=O)[C@@H]2CCCN(S(=O)(=O)CCCc3ccccc3)C2)cc1C. The number of aryl methyl sites for hydroxylation is 3. The molecule has 0 aliphatic carbocycles. The highest BCUT2D eigenvalue weighted by Gasteiger charge is 2.32. The smallest absolute Gasteiger partial charge is 0.224 e. The number of carbonyl (C=O) groups excluding carboxylic acids is 1. The van der Waals surface area contributed by atoms with Crippen molar-refractivity contribution in [3.05, 3.63) is 70.8 Å². The Kier molecular flexibility index (Phi) is 7.89. The number of carbonyl (C=O) groups is 1. The summed E-state index contributed by atoms with van der Waals surface area (Å²) in [5.74, 6) is -0.239. The van der Waals surface area contributed by atoms with Crippen molar-refractivity contribution in [2.75, 3.05) is 18.8 Å². The normalized spacial score (nSPS) is 18.5. The lowest BCUT2D eigenvalue weighted by molar-refractivity contribution is -0.126. The molecule has 1 aliphatic rings. The van der Waals surface area contributed by atoms with Crippen LogP contribution < -0.4 is 5.32 Å². The fourth-order valence-electron chi connectivity index (χ4n) is 4.09. The number of piperidine rings is 1. The number of benzene rings is 2. The molecule has 1 N–H and O–H groups in total. The summed E-state index contributed by atoms with van der Waals surface area (Å²) in [5, 5.41) is 3.09. The van der Waals surface area contributed by atoms with Gasteiger partial charge in [-0.05, 0) is 68.7 Å². The van der Waals surface area contributed by atoms with Crippen LogP contribution in [0.5, 0.6) is 0 Å². The van der Waals surface area contributed by atoms with Crippen molar-refractivity contribution in [1.82, 2.24) is 9.62 Å². The first-order valence-electron chi connectivity index (χ1n) is 11.2. The van der Waals surface area contributed by atoms with Gasteiger partial charge in [0.05, 0.1) is 17.7 Å². The number of nitrogens with zero attached hydrogens (tertiary/aromatic N) is 1. The number of sulfonamides is 1. The van der Waals surface area contributed by atoms with Crippen molar-refractivity contribution >= 4 is 15.9 Å². The summed E-state index contributed by atoms with van der Waals surface area (Å²) < 4.78 is 27.2. The molecule has 0 bridgehead atoms. The average molecular weight is 443 g/mol. The Labute approximate surface area is 186 Å². The molecule has 0 spiro atoms. The van der Waals surface area contributed by atoms with Gasteiger partial charge in [-0.25, -0.2) is 12.7 Å². The van der Waals surface area contributed by atoms with Gasteiger partial charge in [0.1, 0.15) is 0 Å². The molecule has 5 nitrogen and oxygen atoms in total. The molecule has 31 heavy (non-hydrogen) atoms. The average Bonchev–Trinajstić information content (AvgIpc) is 2.76. The van der Waals surface area contributed by atoms with Crippen LogP contribution in [0.4, 0.5) is 0 Å². The first kappa shape index (κ1) is 23.5. The van der Waals surface area contributed by atoms with E-state index in [1.165, 1.54) is 15.4 Å². The van der Waals surface area contributed by atoms with Crippen molar-refractivity contribution in [1.29, 1.82) is 0 Å². The molecule has 1 fully saturated rings. The minimum absolute atomic E-state index is 0.0603. The summed E-state index contributed by atoms with van der Waals surface area (Å²) >= 11 is 0. The summed E-state index contributed by atoms with van der Waals surface area (Å²) in [5.41, 5.74) is 4.64. The van der Waals surface area contributed by atoms with E-state index in [0.29, 0.717) is 19.4 Å². The lowest BCUT2D eigenvalue weighted by Crippen LogP contribution is -2.46. The molecule has 1 saturated heterocycles. The Morgan fingerprint density at radius 3 is 2.58 bits per heavy atom. The summed E-state index contributed by atoms with van der Waals surface area (Å²) in [4.78, 5) is 12.9. The summed E-state index contributed by atoms with van der Waals surface area (Å²) in [7, 11) is -3.36. The largest absolute Gasteiger partial charge is 0.349 e. The molecule has 0 aromatic heterocycles. The Balaban J connectivity index is 1.54. The molecule has 2 aromatic rings. The van der Waals surface area contributed by atoms with E-state index in [1.807, 2.05) is 43.3 Å². The predicted octanol–water partition coefficient (Wildman–Crippen LogP) is 4.16. The van der Waals surface area contributed by atoms with E-state index in [-0.39, 0.29) is 30.2 Å². The van der Waals surface area contributed by atoms with E-state index in [9.17, 15) is 13.2 Å². The molecule has 2 atom stereocenters. The number of rotatable bonds is 8. The monoisotopic (exact) mass is 442 g/mol. The predicted molar refractivity (Wildman–Crippen MR) is 125 cm³/mol. The zero-order valence-corrected chi connectivity index (χ0v) is 19.6. The first-order chi connectivity index (χ1) is 14.8. The summed E-state index contributed by atoms with van der Waals surface area (Å²) in [6, 6.07) is 16.0. The third kappa shape index (κ3) is 6.40. The van der Waals surface area contributed by atoms with Gasteiger partial charge in [-0.1, -0.05) is 48.5 Å². The minimum Gasteiger partial charge on any atom is -0.349 e. The second kappa shape index (κ2) is 10.4. The van der Waals surface area contributed by atoms with Crippen molar-refractivity contribution in [3.8, 4) is 0 Å². The van der Waals surface area contributed by atoms with Crippen LogP contribution in [0, 0.1) is 19.8 Å². The number of hydrogen-bond acceptors (Lipinski definition) is 3. The van der Waals surface area contributed by atoms with Gasteiger partial charge in [-0.3, -0.25) is 4.79 Å². The van der Waals surface area contributed by atoms with E-state index in [4.69, 9.17) is 0 Å². The second-order valence-electron chi connectivity index (χ2n) is 8.68. The lowest BCUT2D eigenvalue weighted by Gasteiger charge is -2.32. The van der Waals surface area contributed by atoms with Crippen molar-refractivity contribution in [2.45, 2.75) is 52.5 Å². The molecular formula is C25H34N2O3S. The van der Waals surface area contributed by atoms with Crippen LogP contribution in [0.25, 0.3) is 0 Å². The quantitative estimate of drug-likeness (QED) is 0.668. The molecule has 3 rings (SSSR count). The van der Waals surface area contributed by atoms with Gasteiger partial charge in [0.2, 0.25) is 15.9 Å². The second-order valence-corrected chi connectivity index (χ2v) is 10.8. The van der Waals surface area contributed by atoms with Crippen LogP contribution in [0.3, 0.4) is 0 Å². The molecule has 2 aromatic carbocycles. The van der Waals surface area contributed by atoms with Crippen LogP contribution in [0.2, 0.25) is 0 Å². The van der Waals surface area contributed by atoms with Gasteiger partial charge in [0.25, 0.3) is 0 Å². The van der Waals surface area contributed by atoms with Gasteiger partial charge in [0.15, 0.2) is 0 Å². The third-order valence-electron chi connectivity index (χ3n) is 6.25. The number of hydrogen-bond donors (Lipinski definition) is 1. The molecule has 1 amide bonds. The number of nitrogens with one attached hydrogen (secondary N) is 1. The molecule has 0 saturated carbocycles. The summed E-state index contributed by atoms with van der Waals surface area (Å²) in [6.07, 6.45) is 2.77. The zero-order chi connectivity index (χ0) is 22.4. The molecule has 1 heterocycles. The van der Waals surface area contributed by atoms with E-state index < -0.39 is 10.0 Å². The molecule has 6 heteroatoms. The van der Waals surface area contributed by atoms with Crippen LogP contribution >= 0.6 is 0 Å². The van der Waals surface area contributed by atoms with Gasteiger partial charge < -0.3 is 5.32 Å². The van der Waals surface area contributed by atoms with Crippen molar-refractivity contribution in [2.24, 2.45) is 5.92 Å². The molecule has 0 radical (unpaired) electrons. The third-order valence-corrected chi connectivity index (χ3v) is 8.17. The van der Waals surface area contributed by atoms with E-state index in [2.05, 4.69) is 31.3 Å². The Morgan fingerprint density at radius 1 is 1.13 bits per heavy atom. The van der Waals surface area contributed by atoms with Crippen LogP contribution in [-0.4, -0.2) is 37.5 Å². The summed E-state index contributed by atoms with van der Waals surface area (Å²) in [6.45, 7) is 6.89. The maximum atomic E-state index is 12.9. The van der Waals surface area contributed by atoms with Crippen molar-refractivity contribution < 1.29 is 13.2 Å². The van der Waals surface area contributed by atoms with E-state index in [1.54, 1.807) is 0 Å². The molecule has 168 valence electrons. The Bertz CT molecular complexity index is 989. The lowest BCUT2D eigenvalue weighted by atomic mass is 9.97. The minimum atomic E-state index is -3.36. The van der Waals surface area contributed by atoms with Crippen LogP contribution in [0.1, 0.15) is 54.5 Å². The number of amides is 1. The van der Waals surface area contributed by atoms with Crippen LogP contribution in [-0.2, 0) is 21.2 Å². The fraction of sp³-hybridized carbons (Fsp3) is 0.480. The van der Waals surface area contributed by atoms with E-state index in [0.717, 1.165) is 24.0 Å². The topological polar surface area (TPSA) is 66.5 Å². The van der Waals surface area contributed by atoms with Gasteiger partial charge in [0, 0.05) is 13.1 Å². The standard InChI is InChI=1S/C25H34N2O3S/c1-19-13-14-23(17-20(19)2)21(3)26-25(28)24-12-7-15-27(18-24)31(29,30)16-8-11-22-9-5-4-6-10-22/h4-6,9-10,13-14,17,21,24H,7-8,11-12,15-16,18H2,1-3H3,(H,26,28)/t21-,24-/m1/s1.